The van der Waals surface area contributed by atoms with E-state index in [4.69, 9.17) is 4.74 Å². The number of hydrogen-bond acceptors (Lipinski definition) is 3. The smallest absolute Gasteiger partial charge is 0.257 e. The van der Waals surface area contributed by atoms with Crippen molar-refractivity contribution in [3.63, 3.8) is 0 Å². The number of methoxy groups -OCH3 is 1. The van der Waals surface area contributed by atoms with Crippen LogP contribution < -0.4 is 10.1 Å². The molecule has 4 heteroatoms. The molecule has 2 fully saturated rings. The van der Waals surface area contributed by atoms with E-state index in [2.05, 4.69) is 10.2 Å². The van der Waals surface area contributed by atoms with Crippen LogP contribution in [0.1, 0.15) is 41.6 Å². The summed E-state index contributed by atoms with van der Waals surface area (Å²) in [4.78, 5) is 15.0. The first-order chi connectivity index (χ1) is 10.2. The molecular formula is C17H24N2O2. The maximum atomic E-state index is 13.0. The lowest BCUT2D eigenvalue weighted by molar-refractivity contribution is 0.0708. The first-order valence-corrected chi connectivity index (χ1v) is 7.89. The average molecular weight is 288 g/mol. The summed E-state index contributed by atoms with van der Waals surface area (Å²) in [5, 5.41) is 3.55. The maximum absolute atomic E-state index is 13.0. The Bertz CT molecular complexity index is 524. The molecule has 2 aliphatic heterocycles. The number of amides is 1. The predicted octanol–water partition coefficient (Wildman–Crippen LogP) is 2.36. The van der Waals surface area contributed by atoms with Gasteiger partial charge in [-0.25, -0.2) is 0 Å². The van der Waals surface area contributed by atoms with Crippen LogP contribution in [0.25, 0.3) is 0 Å². The molecule has 0 aliphatic carbocycles. The van der Waals surface area contributed by atoms with Crippen molar-refractivity contribution in [2.24, 2.45) is 0 Å². The van der Waals surface area contributed by atoms with Crippen LogP contribution in [0, 0.1) is 6.92 Å². The minimum Gasteiger partial charge on any atom is -0.496 e. The van der Waals surface area contributed by atoms with Crippen LogP contribution in [0.5, 0.6) is 5.75 Å². The number of ether oxygens (including phenoxy) is 1. The molecule has 2 atom stereocenters. The molecule has 21 heavy (non-hydrogen) atoms. The van der Waals surface area contributed by atoms with Gasteiger partial charge in [0.15, 0.2) is 0 Å². The number of rotatable bonds is 3. The van der Waals surface area contributed by atoms with Gasteiger partial charge in [0.1, 0.15) is 5.75 Å². The van der Waals surface area contributed by atoms with Crippen LogP contribution in [0.3, 0.4) is 0 Å². The quantitative estimate of drug-likeness (QED) is 0.928. The lowest BCUT2D eigenvalue weighted by Gasteiger charge is -2.30. The Morgan fingerprint density at radius 1 is 1.33 bits per heavy atom. The summed E-state index contributed by atoms with van der Waals surface area (Å²) < 4.78 is 5.38. The first kappa shape index (κ1) is 14.4. The molecule has 3 rings (SSSR count). The molecule has 0 aromatic heterocycles. The minimum absolute atomic E-state index is 0.117. The minimum atomic E-state index is 0.117. The molecule has 2 saturated heterocycles. The summed E-state index contributed by atoms with van der Waals surface area (Å²) in [5.41, 5.74) is 1.79. The second-order valence-corrected chi connectivity index (χ2v) is 6.11. The van der Waals surface area contributed by atoms with Gasteiger partial charge in [-0.05, 0) is 51.3 Å². The number of benzene rings is 1. The normalized spacial score (nSPS) is 25.3. The summed E-state index contributed by atoms with van der Waals surface area (Å²) in [7, 11) is 1.63. The van der Waals surface area contributed by atoms with E-state index in [1.807, 2.05) is 25.1 Å². The van der Waals surface area contributed by atoms with Crippen LogP contribution in [0.15, 0.2) is 18.2 Å². The molecule has 2 unspecified atom stereocenters. The second kappa shape index (κ2) is 6.06. The number of nitrogens with one attached hydrogen (secondary N) is 1. The third-order valence-corrected chi connectivity index (χ3v) is 4.71. The second-order valence-electron chi connectivity index (χ2n) is 6.11. The number of hydrogen-bond donors (Lipinski definition) is 1. The summed E-state index contributed by atoms with van der Waals surface area (Å²) in [6.45, 7) is 3.95. The van der Waals surface area contributed by atoms with Gasteiger partial charge >= 0.3 is 0 Å². The zero-order valence-electron chi connectivity index (χ0n) is 12.9. The highest BCUT2D eigenvalue weighted by molar-refractivity contribution is 5.97. The monoisotopic (exact) mass is 288 g/mol. The molecule has 1 amide bonds. The van der Waals surface area contributed by atoms with E-state index in [1.165, 1.54) is 12.8 Å². The van der Waals surface area contributed by atoms with Gasteiger partial charge in [-0.3, -0.25) is 4.79 Å². The number of aryl methyl sites for hydroxylation is 1. The topological polar surface area (TPSA) is 41.6 Å². The fraction of sp³-hybridized carbons (Fsp3) is 0.588. The lowest BCUT2D eigenvalue weighted by Crippen LogP contribution is -2.46. The molecule has 0 saturated carbocycles. The molecule has 1 aromatic rings. The lowest BCUT2D eigenvalue weighted by atomic mass is 10.0. The van der Waals surface area contributed by atoms with Crippen molar-refractivity contribution >= 4 is 5.91 Å². The Hall–Kier alpha value is -1.55. The molecular weight excluding hydrogens is 264 g/mol. The van der Waals surface area contributed by atoms with E-state index in [9.17, 15) is 4.79 Å². The molecule has 114 valence electrons. The van der Waals surface area contributed by atoms with Gasteiger partial charge in [-0.1, -0.05) is 11.6 Å². The largest absolute Gasteiger partial charge is 0.496 e. The third-order valence-electron chi connectivity index (χ3n) is 4.71. The van der Waals surface area contributed by atoms with Crippen LogP contribution >= 0.6 is 0 Å². The van der Waals surface area contributed by atoms with Gasteiger partial charge < -0.3 is 15.0 Å². The van der Waals surface area contributed by atoms with Crippen LogP contribution in [0.2, 0.25) is 0 Å². The van der Waals surface area contributed by atoms with Crippen molar-refractivity contribution in [1.29, 1.82) is 0 Å². The Morgan fingerprint density at radius 3 is 2.90 bits per heavy atom. The van der Waals surface area contributed by atoms with Crippen molar-refractivity contribution in [1.82, 2.24) is 10.2 Å². The van der Waals surface area contributed by atoms with Crippen LogP contribution in [0.4, 0.5) is 0 Å². The molecule has 0 radical (unpaired) electrons. The summed E-state index contributed by atoms with van der Waals surface area (Å²) >= 11 is 0. The number of carbonyl (C=O) groups excluding carboxylic acids is 1. The highest BCUT2D eigenvalue weighted by Gasteiger charge is 2.36. The average Bonchev–Trinajstić information content (AvgIpc) is 3.16. The fourth-order valence-electron chi connectivity index (χ4n) is 3.65. The van der Waals surface area contributed by atoms with Crippen molar-refractivity contribution in [2.75, 3.05) is 20.2 Å². The zero-order valence-corrected chi connectivity index (χ0v) is 12.9. The van der Waals surface area contributed by atoms with E-state index in [0.29, 0.717) is 23.4 Å². The van der Waals surface area contributed by atoms with E-state index >= 15 is 0 Å². The SMILES string of the molecule is COc1ccc(C)cc1C(=O)N1CCCC1C1CCCN1. The number of nitrogens with zero attached hydrogens (tertiary/aromatic N) is 1. The Morgan fingerprint density at radius 2 is 2.19 bits per heavy atom. The van der Waals surface area contributed by atoms with Crippen molar-refractivity contribution < 1.29 is 9.53 Å². The highest BCUT2D eigenvalue weighted by Crippen LogP contribution is 2.29. The summed E-state index contributed by atoms with van der Waals surface area (Å²) in [6, 6.07) is 6.62. The summed E-state index contributed by atoms with van der Waals surface area (Å²) in [5.74, 6) is 0.794. The van der Waals surface area contributed by atoms with E-state index < -0.39 is 0 Å². The van der Waals surface area contributed by atoms with Gasteiger partial charge in [-0.15, -0.1) is 0 Å². The Kier molecular flexibility index (Phi) is 4.15. The molecule has 2 heterocycles. The van der Waals surface area contributed by atoms with E-state index in [0.717, 1.165) is 31.5 Å². The summed E-state index contributed by atoms with van der Waals surface area (Å²) in [6.07, 6.45) is 4.61. The Labute approximate surface area is 126 Å². The molecule has 4 nitrogen and oxygen atoms in total. The van der Waals surface area contributed by atoms with Gasteiger partial charge in [0.05, 0.1) is 12.7 Å². The zero-order chi connectivity index (χ0) is 14.8. The van der Waals surface area contributed by atoms with Gasteiger partial charge in [-0.2, -0.15) is 0 Å². The van der Waals surface area contributed by atoms with Crippen molar-refractivity contribution in [3.8, 4) is 5.75 Å². The third kappa shape index (κ3) is 2.77. The van der Waals surface area contributed by atoms with Gasteiger partial charge in [0.2, 0.25) is 0 Å². The molecule has 0 bridgehead atoms. The Balaban J connectivity index is 1.85. The first-order valence-electron chi connectivity index (χ1n) is 7.89. The van der Waals surface area contributed by atoms with Crippen molar-refractivity contribution in [3.05, 3.63) is 29.3 Å². The molecule has 1 N–H and O–H groups in total. The fourth-order valence-corrected chi connectivity index (χ4v) is 3.65. The number of carbonyl (C=O) groups is 1. The van der Waals surface area contributed by atoms with E-state index in [1.54, 1.807) is 7.11 Å². The van der Waals surface area contributed by atoms with Crippen LogP contribution in [-0.4, -0.2) is 43.1 Å². The molecule has 1 aromatic carbocycles. The van der Waals surface area contributed by atoms with Crippen molar-refractivity contribution in [2.45, 2.75) is 44.7 Å². The predicted molar refractivity (Wildman–Crippen MR) is 82.8 cm³/mol. The maximum Gasteiger partial charge on any atom is 0.257 e. The van der Waals surface area contributed by atoms with Gasteiger partial charge in [0, 0.05) is 18.6 Å². The van der Waals surface area contributed by atoms with E-state index in [-0.39, 0.29) is 5.91 Å². The van der Waals surface area contributed by atoms with Crippen LogP contribution in [-0.2, 0) is 0 Å². The molecule has 2 aliphatic rings. The highest BCUT2D eigenvalue weighted by atomic mass is 16.5. The van der Waals surface area contributed by atoms with Gasteiger partial charge in [0.25, 0.3) is 5.91 Å². The number of likely N-dealkylation sites (tertiary alicyclic amines) is 1. The molecule has 0 spiro atoms. The standard InChI is InChI=1S/C17H24N2O2/c1-12-7-8-16(21-2)13(11-12)17(20)19-10-4-6-15(19)14-5-3-9-18-14/h7-8,11,14-15,18H,3-6,9-10H2,1-2H3.